The van der Waals surface area contributed by atoms with Crippen LogP contribution in [-0.4, -0.2) is 36.5 Å². The molecule has 0 aliphatic heterocycles. The van der Waals surface area contributed by atoms with Crippen LogP contribution >= 0.6 is 11.6 Å². The van der Waals surface area contributed by atoms with E-state index in [4.69, 9.17) is 16.3 Å². The summed E-state index contributed by atoms with van der Waals surface area (Å²) in [5, 5.41) is 12.8. The van der Waals surface area contributed by atoms with Gasteiger partial charge in [-0.3, -0.25) is 14.9 Å². The van der Waals surface area contributed by atoms with Crippen LogP contribution in [-0.2, 0) is 4.74 Å². The first-order valence-electron chi connectivity index (χ1n) is 6.03. The minimum Gasteiger partial charge on any atom is -0.380 e. The fraction of sp³-hybridized carbons (Fsp3) is 0.417. The zero-order valence-electron chi connectivity index (χ0n) is 10.9. The molecule has 6 nitrogen and oxygen atoms in total. The predicted octanol–water partition coefficient (Wildman–Crippen LogP) is 2.25. The Bertz CT molecular complexity index is 528. The van der Waals surface area contributed by atoms with Crippen LogP contribution in [0.4, 0.5) is 14.5 Å². The molecule has 1 amide bonds. The number of halogens is 3. The van der Waals surface area contributed by atoms with Crippen molar-refractivity contribution in [3.05, 3.63) is 39.4 Å². The summed E-state index contributed by atoms with van der Waals surface area (Å²) in [6, 6.07) is 1.35. The number of carbonyl (C=O) groups excluding carboxylic acids is 1. The fourth-order valence-electron chi connectivity index (χ4n) is 1.51. The Morgan fingerprint density at radius 3 is 2.71 bits per heavy atom. The summed E-state index contributed by atoms with van der Waals surface area (Å²) >= 11 is 5.39. The van der Waals surface area contributed by atoms with E-state index in [1.807, 2.05) is 0 Å². The highest BCUT2D eigenvalue weighted by atomic mass is 35.5. The first-order valence-corrected chi connectivity index (χ1v) is 6.56. The van der Waals surface area contributed by atoms with Crippen molar-refractivity contribution < 1.29 is 23.2 Å². The lowest BCUT2D eigenvalue weighted by atomic mass is 10.1. The second-order valence-electron chi connectivity index (χ2n) is 3.92. The topological polar surface area (TPSA) is 81.5 Å². The van der Waals surface area contributed by atoms with E-state index >= 15 is 0 Å². The molecule has 21 heavy (non-hydrogen) atoms. The van der Waals surface area contributed by atoms with Gasteiger partial charge in [0.25, 0.3) is 5.91 Å². The molecule has 1 aromatic rings. The lowest BCUT2D eigenvalue weighted by Crippen LogP contribution is -2.27. The average Bonchev–Trinajstić information content (AvgIpc) is 2.42. The van der Waals surface area contributed by atoms with Gasteiger partial charge < -0.3 is 10.1 Å². The van der Waals surface area contributed by atoms with E-state index in [-0.39, 0.29) is 6.54 Å². The SMILES string of the molecule is O=C(NCCCOCCCl)c1c(F)ccc([N+](=O)[O-])c1F. The van der Waals surface area contributed by atoms with Crippen molar-refractivity contribution in [2.75, 3.05) is 25.6 Å². The highest BCUT2D eigenvalue weighted by Crippen LogP contribution is 2.22. The Morgan fingerprint density at radius 2 is 2.10 bits per heavy atom. The Morgan fingerprint density at radius 1 is 1.38 bits per heavy atom. The van der Waals surface area contributed by atoms with Gasteiger partial charge in [-0.05, 0) is 12.5 Å². The van der Waals surface area contributed by atoms with Gasteiger partial charge in [-0.1, -0.05) is 0 Å². The van der Waals surface area contributed by atoms with Gasteiger partial charge >= 0.3 is 5.69 Å². The minimum absolute atomic E-state index is 0.114. The monoisotopic (exact) mass is 322 g/mol. The minimum atomic E-state index is -1.49. The Hall–Kier alpha value is -1.80. The van der Waals surface area contributed by atoms with Gasteiger partial charge in [-0.2, -0.15) is 4.39 Å². The van der Waals surface area contributed by atoms with E-state index in [9.17, 15) is 23.7 Å². The van der Waals surface area contributed by atoms with Crippen molar-refractivity contribution in [2.45, 2.75) is 6.42 Å². The van der Waals surface area contributed by atoms with Crippen LogP contribution in [0.15, 0.2) is 12.1 Å². The smallest absolute Gasteiger partial charge is 0.305 e. The third-order valence-corrected chi connectivity index (χ3v) is 2.62. The van der Waals surface area contributed by atoms with Crippen LogP contribution in [0.2, 0.25) is 0 Å². The fourth-order valence-corrected chi connectivity index (χ4v) is 1.62. The molecule has 0 atom stereocenters. The summed E-state index contributed by atoms with van der Waals surface area (Å²) < 4.78 is 32.2. The van der Waals surface area contributed by atoms with E-state index in [0.717, 1.165) is 0 Å². The molecule has 0 spiro atoms. The zero-order valence-corrected chi connectivity index (χ0v) is 11.7. The van der Waals surface area contributed by atoms with E-state index in [1.54, 1.807) is 0 Å². The highest BCUT2D eigenvalue weighted by molar-refractivity contribution is 6.17. The number of nitrogens with zero attached hydrogens (tertiary/aromatic N) is 1. The predicted molar refractivity (Wildman–Crippen MR) is 71.5 cm³/mol. The van der Waals surface area contributed by atoms with Crippen molar-refractivity contribution in [1.29, 1.82) is 0 Å². The van der Waals surface area contributed by atoms with Gasteiger partial charge in [0.2, 0.25) is 5.82 Å². The molecule has 0 bridgehead atoms. The van der Waals surface area contributed by atoms with Crippen molar-refractivity contribution in [3.63, 3.8) is 0 Å². The Labute approximate surface area is 124 Å². The standard InChI is InChI=1S/C12H13ClF2N2O4/c13-4-7-21-6-1-5-16-12(18)10-8(14)2-3-9(11(10)15)17(19)20/h2-3H,1,4-7H2,(H,16,18). The highest BCUT2D eigenvalue weighted by Gasteiger charge is 2.25. The summed E-state index contributed by atoms with van der Waals surface area (Å²) in [7, 11) is 0. The zero-order chi connectivity index (χ0) is 15.8. The summed E-state index contributed by atoms with van der Waals surface area (Å²) in [5.41, 5.74) is -1.92. The molecule has 0 unspecified atom stereocenters. The van der Waals surface area contributed by atoms with Crippen LogP contribution < -0.4 is 5.32 Å². The Kier molecular flexibility index (Phi) is 6.97. The number of alkyl halides is 1. The van der Waals surface area contributed by atoms with Crippen molar-refractivity contribution in [2.24, 2.45) is 0 Å². The molecule has 1 N–H and O–H groups in total. The summed E-state index contributed by atoms with van der Waals surface area (Å²) in [5.74, 6) is -3.35. The van der Waals surface area contributed by atoms with E-state index < -0.39 is 33.7 Å². The van der Waals surface area contributed by atoms with E-state index in [1.165, 1.54) is 0 Å². The molecule has 0 saturated carbocycles. The van der Waals surface area contributed by atoms with Gasteiger partial charge in [-0.15, -0.1) is 11.6 Å². The summed E-state index contributed by atoms with van der Waals surface area (Å²) in [6.07, 6.45) is 0.417. The summed E-state index contributed by atoms with van der Waals surface area (Å²) in [4.78, 5) is 21.2. The number of ether oxygens (including phenoxy) is 1. The quantitative estimate of drug-likeness (QED) is 0.344. The normalized spacial score (nSPS) is 10.4. The second-order valence-corrected chi connectivity index (χ2v) is 4.30. The first kappa shape index (κ1) is 17.3. The molecular weight excluding hydrogens is 310 g/mol. The lowest BCUT2D eigenvalue weighted by molar-refractivity contribution is -0.387. The molecule has 0 heterocycles. The van der Waals surface area contributed by atoms with Crippen LogP contribution in [0.25, 0.3) is 0 Å². The molecule has 0 aliphatic carbocycles. The van der Waals surface area contributed by atoms with Crippen LogP contribution in [0.5, 0.6) is 0 Å². The third-order valence-electron chi connectivity index (χ3n) is 2.47. The van der Waals surface area contributed by atoms with Gasteiger partial charge in [0.1, 0.15) is 11.4 Å². The molecule has 0 fully saturated rings. The van der Waals surface area contributed by atoms with E-state index in [2.05, 4.69) is 5.32 Å². The maximum atomic E-state index is 13.7. The molecule has 0 radical (unpaired) electrons. The van der Waals surface area contributed by atoms with Crippen molar-refractivity contribution in [3.8, 4) is 0 Å². The average molecular weight is 323 g/mol. The summed E-state index contributed by atoms with van der Waals surface area (Å²) in [6.45, 7) is 0.805. The largest absolute Gasteiger partial charge is 0.380 e. The molecular formula is C12H13ClF2N2O4. The maximum absolute atomic E-state index is 13.7. The molecule has 0 saturated heterocycles. The number of amides is 1. The molecule has 1 rings (SSSR count). The number of carbonyl (C=O) groups is 1. The van der Waals surface area contributed by atoms with Crippen LogP contribution in [0.1, 0.15) is 16.8 Å². The molecule has 0 aliphatic rings. The molecule has 0 aromatic heterocycles. The third kappa shape index (κ3) is 4.91. The van der Waals surface area contributed by atoms with Crippen LogP contribution in [0.3, 0.4) is 0 Å². The van der Waals surface area contributed by atoms with Gasteiger partial charge in [-0.25, -0.2) is 4.39 Å². The molecule has 9 heteroatoms. The number of benzene rings is 1. The van der Waals surface area contributed by atoms with Gasteiger partial charge in [0, 0.05) is 25.1 Å². The maximum Gasteiger partial charge on any atom is 0.305 e. The lowest BCUT2D eigenvalue weighted by Gasteiger charge is -2.07. The molecule has 116 valence electrons. The number of rotatable bonds is 8. The van der Waals surface area contributed by atoms with Crippen molar-refractivity contribution in [1.82, 2.24) is 5.32 Å². The first-order chi connectivity index (χ1) is 9.99. The van der Waals surface area contributed by atoms with E-state index in [0.29, 0.717) is 37.6 Å². The second kappa shape index (κ2) is 8.48. The number of nitro benzene ring substituents is 1. The number of hydrogen-bond acceptors (Lipinski definition) is 4. The van der Waals surface area contributed by atoms with Gasteiger partial charge in [0.05, 0.1) is 11.5 Å². The van der Waals surface area contributed by atoms with Gasteiger partial charge in [0.15, 0.2) is 0 Å². The number of hydrogen-bond donors (Lipinski definition) is 1. The van der Waals surface area contributed by atoms with Crippen LogP contribution in [0, 0.1) is 21.7 Å². The number of nitro groups is 1. The number of nitrogens with one attached hydrogen (secondary N) is 1. The Balaban J connectivity index is 2.66. The molecule has 1 aromatic carbocycles. The van der Waals surface area contributed by atoms with Crippen molar-refractivity contribution >= 4 is 23.2 Å².